The third kappa shape index (κ3) is 2.44. The molecule has 1 unspecified atom stereocenters. The van der Waals surface area contributed by atoms with E-state index in [9.17, 15) is 8.42 Å². The standard InChI is InChI=1S/C12H13N3O2S/c1-3-11(9-14)18(16,17)15(2)12-7-5-4-6-10(12)8-13/h4-7,11H,3H2,1-2H3. The van der Waals surface area contributed by atoms with Gasteiger partial charge in [0.05, 0.1) is 17.3 Å². The van der Waals surface area contributed by atoms with Gasteiger partial charge in [0.1, 0.15) is 6.07 Å². The molecule has 0 saturated carbocycles. The zero-order valence-electron chi connectivity index (χ0n) is 10.2. The fourth-order valence-corrected chi connectivity index (χ4v) is 2.91. The number of anilines is 1. The van der Waals surface area contributed by atoms with E-state index in [4.69, 9.17) is 10.5 Å². The molecule has 6 heteroatoms. The van der Waals surface area contributed by atoms with E-state index in [1.165, 1.54) is 13.1 Å². The van der Waals surface area contributed by atoms with Gasteiger partial charge in [-0.1, -0.05) is 19.1 Å². The molecule has 0 N–H and O–H groups in total. The SMILES string of the molecule is CCC(C#N)S(=O)(=O)N(C)c1ccccc1C#N. The van der Waals surface area contributed by atoms with Crippen LogP contribution >= 0.6 is 0 Å². The molecule has 94 valence electrons. The van der Waals surface area contributed by atoms with Crippen molar-refractivity contribution in [3.8, 4) is 12.1 Å². The molecular formula is C12H13N3O2S. The number of nitrogens with zero attached hydrogens (tertiary/aromatic N) is 3. The van der Waals surface area contributed by atoms with Crippen LogP contribution in [0.3, 0.4) is 0 Å². The minimum absolute atomic E-state index is 0.206. The summed E-state index contributed by atoms with van der Waals surface area (Å²) in [5.41, 5.74) is 0.546. The molecule has 0 saturated heterocycles. The molecule has 0 aliphatic rings. The summed E-state index contributed by atoms with van der Waals surface area (Å²) in [5.74, 6) is 0. The van der Waals surface area contributed by atoms with E-state index in [-0.39, 0.29) is 17.7 Å². The number of sulfonamides is 1. The number of rotatable bonds is 4. The Kier molecular flexibility index (Phi) is 4.30. The molecule has 1 atom stereocenters. The van der Waals surface area contributed by atoms with Crippen LogP contribution in [-0.2, 0) is 10.0 Å². The first-order valence-electron chi connectivity index (χ1n) is 5.35. The maximum absolute atomic E-state index is 12.2. The topological polar surface area (TPSA) is 85.0 Å². The van der Waals surface area contributed by atoms with Crippen molar-refractivity contribution in [1.82, 2.24) is 0 Å². The Morgan fingerprint density at radius 2 is 1.94 bits per heavy atom. The minimum atomic E-state index is -3.77. The van der Waals surface area contributed by atoms with Crippen LogP contribution in [-0.4, -0.2) is 20.7 Å². The highest BCUT2D eigenvalue weighted by atomic mass is 32.2. The largest absolute Gasteiger partial charge is 0.271 e. The summed E-state index contributed by atoms with van der Waals surface area (Å²) in [6.07, 6.45) is 0.206. The van der Waals surface area contributed by atoms with Crippen molar-refractivity contribution < 1.29 is 8.42 Å². The number of nitriles is 2. The molecule has 1 rings (SSSR count). The molecule has 1 aromatic rings. The van der Waals surface area contributed by atoms with Crippen molar-refractivity contribution in [2.24, 2.45) is 0 Å². The second kappa shape index (κ2) is 5.52. The molecule has 5 nitrogen and oxygen atoms in total. The van der Waals surface area contributed by atoms with Gasteiger partial charge >= 0.3 is 0 Å². The Balaban J connectivity index is 3.28. The van der Waals surface area contributed by atoms with Crippen LogP contribution in [0.1, 0.15) is 18.9 Å². The molecule has 0 aromatic heterocycles. The Bertz CT molecular complexity index is 611. The smallest absolute Gasteiger partial charge is 0.251 e. The van der Waals surface area contributed by atoms with E-state index in [2.05, 4.69) is 0 Å². The Labute approximate surface area is 107 Å². The maximum atomic E-state index is 12.2. The fraction of sp³-hybridized carbons (Fsp3) is 0.333. The van der Waals surface area contributed by atoms with Crippen molar-refractivity contribution in [3.63, 3.8) is 0 Å². The first-order chi connectivity index (χ1) is 8.48. The molecule has 18 heavy (non-hydrogen) atoms. The monoisotopic (exact) mass is 263 g/mol. The van der Waals surface area contributed by atoms with Gasteiger partial charge in [-0.2, -0.15) is 10.5 Å². The number of hydrogen-bond acceptors (Lipinski definition) is 4. The summed E-state index contributed by atoms with van der Waals surface area (Å²) in [4.78, 5) is 0. The highest BCUT2D eigenvalue weighted by Crippen LogP contribution is 2.23. The number of benzene rings is 1. The summed E-state index contributed by atoms with van der Waals surface area (Å²) < 4.78 is 25.3. The quantitative estimate of drug-likeness (QED) is 0.826. The zero-order chi connectivity index (χ0) is 13.8. The first-order valence-corrected chi connectivity index (χ1v) is 6.85. The summed E-state index contributed by atoms with van der Waals surface area (Å²) in [7, 11) is -2.41. The lowest BCUT2D eigenvalue weighted by atomic mass is 10.2. The Hall–Kier alpha value is -2.05. The molecular weight excluding hydrogens is 250 g/mol. The van der Waals surface area contributed by atoms with E-state index in [1.54, 1.807) is 31.2 Å². The van der Waals surface area contributed by atoms with E-state index in [0.29, 0.717) is 0 Å². The van der Waals surface area contributed by atoms with Crippen LogP contribution in [0.25, 0.3) is 0 Å². The van der Waals surface area contributed by atoms with Crippen molar-refractivity contribution in [1.29, 1.82) is 10.5 Å². The highest BCUT2D eigenvalue weighted by molar-refractivity contribution is 7.93. The lowest BCUT2D eigenvalue weighted by Gasteiger charge is -2.22. The molecule has 0 heterocycles. The lowest BCUT2D eigenvalue weighted by Crippen LogP contribution is -2.35. The zero-order valence-corrected chi connectivity index (χ0v) is 11.0. The lowest BCUT2D eigenvalue weighted by molar-refractivity contribution is 0.585. The van der Waals surface area contributed by atoms with Crippen LogP contribution in [0.4, 0.5) is 5.69 Å². The van der Waals surface area contributed by atoms with Gasteiger partial charge in [-0.3, -0.25) is 4.31 Å². The van der Waals surface area contributed by atoms with Gasteiger partial charge in [-0.05, 0) is 18.6 Å². The molecule has 0 bridgehead atoms. The number of hydrogen-bond donors (Lipinski definition) is 0. The van der Waals surface area contributed by atoms with Crippen molar-refractivity contribution in [2.75, 3.05) is 11.4 Å². The molecule has 0 aliphatic carbocycles. The average molecular weight is 263 g/mol. The predicted molar refractivity (Wildman–Crippen MR) is 68.2 cm³/mol. The van der Waals surface area contributed by atoms with Gasteiger partial charge in [-0.15, -0.1) is 0 Å². The second-order valence-electron chi connectivity index (χ2n) is 3.67. The summed E-state index contributed by atoms with van der Waals surface area (Å²) >= 11 is 0. The average Bonchev–Trinajstić information content (AvgIpc) is 2.38. The predicted octanol–water partition coefficient (Wildman–Crippen LogP) is 1.63. The highest BCUT2D eigenvalue weighted by Gasteiger charge is 2.29. The summed E-state index contributed by atoms with van der Waals surface area (Å²) in [6.45, 7) is 1.63. The van der Waals surface area contributed by atoms with Crippen molar-refractivity contribution in [3.05, 3.63) is 29.8 Å². The summed E-state index contributed by atoms with van der Waals surface area (Å²) in [6, 6.07) is 10.1. The first kappa shape index (κ1) is 14.0. The van der Waals surface area contributed by atoms with Crippen LogP contribution in [0, 0.1) is 22.7 Å². The van der Waals surface area contributed by atoms with Gasteiger partial charge in [0.25, 0.3) is 10.0 Å². The number of para-hydroxylation sites is 1. The van der Waals surface area contributed by atoms with Crippen LogP contribution in [0.15, 0.2) is 24.3 Å². The van der Waals surface area contributed by atoms with Crippen LogP contribution in [0.5, 0.6) is 0 Å². The van der Waals surface area contributed by atoms with E-state index >= 15 is 0 Å². The van der Waals surface area contributed by atoms with Crippen LogP contribution < -0.4 is 4.31 Å². The Morgan fingerprint density at radius 1 is 1.33 bits per heavy atom. The van der Waals surface area contributed by atoms with E-state index < -0.39 is 15.3 Å². The van der Waals surface area contributed by atoms with Gasteiger partial charge in [0.2, 0.25) is 0 Å². The molecule has 0 fully saturated rings. The maximum Gasteiger partial charge on any atom is 0.251 e. The molecule has 0 spiro atoms. The van der Waals surface area contributed by atoms with Gasteiger partial charge in [0, 0.05) is 7.05 Å². The van der Waals surface area contributed by atoms with Crippen LogP contribution in [0.2, 0.25) is 0 Å². The third-order valence-electron chi connectivity index (χ3n) is 2.62. The van der Waals surface area contributed by atoms with E-state index in [0.717, 1.165) is 4.31 Å². The van der Waals surface area contributed by atoms with Gasteiger partial charge < -0.3 is 0 Å². The normalized spacial score (nSPS) is 12.2. The van der Waals surface area contributed by atoms with E-state index in [1.807, 2.05) is 6.07 Å². The van der Waals surface area contributed by atoms with Gasteiger partial charge in [-0.25, -0.2) is 8.42 Å². The molecule has 1 aromatic carbocycles. The minimum Gasteiger partial charge on any atom is -0.271 e. The molecule has 0 radical (unpaired) electrons. The molecule has 0 aliphatic heterocycles. The van der Waals surface area contributed by atoms with Gasteiger partial charge in [0.15, 0.2) is 5.25 Å². The fourth-order valence-electron chi connectivity index (χ4n) is 1.54. The third-order valence-corrected chi connectivity index (χ3v) is 4.74. The molecule has 0 amide bonds. The Morgan fingerprint density at radius 3 is 2.44 bits per heavy atom. The van der Waals surface area contributed by atoms with Crippen molar-refractivity contribution in [2.45, 2.75) is 18.6 Å². The summed E-state index contributed by atoms with van der Waals surface area (Å²) in [5, 5.41) is 16.7. The van der Waals surface area contributed by atoms with Crippen molar-refractivity contribution >= 4 is 15.7 Å². The second-order valence-corrected chi connectivity index (χ2v) is 5.81.